The molecule has 0 fully saturated rings. The highest BCUT2D eigenvalue weighted by Crippen LogP contribution is 2.28. The van der Waals surface area contributed by atoms with Crippen molar-refractivity contribution in [2.45, 2.75) is 0 Å². The Morgan fingerprint density at radius 2 is 1.51 bits per heavy atom. The minimum Gasteiger partial charge on any atom is -0.457 e. The molecule has 0 saturated heterocycles. The molecule has 39 heavy (non-hydrogen) atoms. The minimum atomic E-state index is -0.858. The van der Waals surface area contributed by atoms with Gasteiger partial charge >= 0.3 is 5.97 Å². The number of imide groups is 1. The predicted octanol–water partition coefficient (Wildman–Crippen LogP) is 5.34. The molecular formula is C28H16Cl2N2O7. The van der Waals surface area contributed by atoms with E-state index in [0.717, 1.165) is 5.01 Å². The fourth-order valence-electron chi connectivity index (χ4n) is 3.92. The predicted molar refractivity (Wildman–Crippen MR) is 139 cm³/mol. The second-order valence-corrected chi connectivity index (χ2v) is 9.11. The van der Waals surface area contributed by atoms with E-state index in [4.69, 9.17) is 32.4 Å². The van der Waals surface area contributed by atoms with Gasteiger partial charge in [-0.15, -0.1) is 0 Å². The van der Waals surface area contributed by atoms with Crippen LogP contribution in [0.5, 0.6) is 5.75 Å². The second kappa shape index (κ2) is 10.6. The molecule has 0 radical (unpaired) electrons. The van der Waals surface area contributed by atoms with Crippen molar-refractivity contribution in [1.82, 2.24) is 10.0 Å². The third kappa shape index (κ3) is 5.05. The molecule has 11 heteroatoms. The van der Waals surface area contributed by atoms with Crippen LogP contribution in [0.1, 0.15) is 52.0 Å². The first kappa shape index (κ1) is 25.9. The normalized spacial score (nSPS) is 12.3. The van der Waals surface area contributed by atoms with Gasteiger partial charge in [0.25, 0.3) is 17.7 Å². The fourth-order valence-corrected chi connectivity index (χ4v) is 4.41. The fraction of sp³-hybridized carbons (Fsp3) is 0.0357. The number of benzene rings is 3. The maximum atomic E-state index is 13.6. The van der Waals surface area contributed by atoms with Gasteiger partial charge in [-0.05, 0) is 66.7 Å². The van der Waals surface area contributed by atoms with E-state index in [2.05, 4.69) is 0 Å². The largest absolute Gasteiger partial charge is 0.457 e. The molecule has 4 aromatic rings. The third-order valence-electron chi connectivity index (χ3n) is 5.81. The van der Waals surface area contributed by atoms with Gasteiger partial charge in [-0.1, -0.05) is 35.3 Å². The highest BCUT2D eigenvalue weighted by Gasteiger charge is 2.42. The summed E-state index contributed by atoms with van der Waals surface area (Å²) in [5.41, 5.74) is 0.255. The molecule has 0 N–H and O–H groups in total. The number of ether oxygens (including phenoxy) is 1. The van der Waals surface area contributed by atoms with E-state index in [-0.39, 0.29) is 43.8 Å². The molecule has 9 nitrogen and oxygen atoms in total. The van der Waals surface area contributed by atoms with E-state index in [1.807, 2.05) is 0 Å². The van der Waals surface area contributed by atoms with Gasteiger partial charge < -0.3 is 9.15 Å². The van der Waals surface area contributed by atoms with Crippen LogP contribution in [0.4, 0.5) is 0 Å². The first-order chi connectivity index (χ1) is 18.7. The standard InChI is InChI=1S/C28H16Cl2N2O7/c29-17-9-12-21(22(30)14-17)25(34)31(32-26(35)19-4-1-2-5-20(19)27(32)36)15-23(33)16-7-10-18(11-8-16)39-28(37)24-6-3-13-38-24/h1-14H,15H2. The van der Waals surface area contributed by atoms with Crippen molar-refractivity contribution in [2.24, 2.45) is 0 Å². The molecule has 3 aromatic carbocycles. The Bertz CT molecular complexity index is 1600. The van der Waals surface area contributed by atoms with Crippen LogP contribution in [0, 0.1) is 0 Å². The van der Waals surface area contributed by atoms with Gasteiger partial charge in [0, 0.05) is 10.6 Å². The number of Topliss-reactive ketones (excluding diaryl/α,β-unsaturated/α-hetero) is 1. The van der Waals surface area contributed by atoms with E-state index < -0.39 is 36.0 Å². The van der Waals surface area contributed by atoms with Gasteiger partial charge in [0.05, 0.1) is 28.0 Å². The Hall–Kier alpha value is -4.73. The highest BCUT2D eigenvalue weighted by atomic mass is 35.5. The number of hydrogen-bond acceptors (Lipinski definition) is 7. The van der Waals surface area contributed by atoms with Crippen LogP contribution < -0.4 is 4.74 Å². The Morgan fingerprint density at radius 1 is 0.846 bits per heavy atom. The van der Waals surface area contributed by atoms with Crippen molar-refractivity contribution in [3.63, 3.8) is 0 Å². The molecule has 5 rings (SSSR count). The van der Waals surface area contributed by atoms with Crippen LogP contribution in [-0.4, -0.2) is 46.0 Å². The SMILES string of the molecule is O=C(CN(C(=O)c1ccc(Cl)cc1Cl)N1C(=O)c2ccccc2C1=O)c1ccc(OC(=O)c2ccco2)cc1. The highest BCUT2D eigenvalue weighted by molar-refractivity contribution is 6.37. The van der Waals surface area contributed by atoms with E-state index in [0.29, 0.717) is 5.01 Å². The number of furan rings is 1. The zero-order valence-electron chi connectivity index (χ0n) is 19.8. The number of rotatable bonds is 7. The lowest BCUT2D eigenvalue weighted by Crippen LogP contribution is -2.51. The van der Waals surface area contributed by atoms with Crippen LogP contribution >= 0.6 is 23.2 Å². The summed E-state index contributed by atoms with van der Waals surface area (Å²) < 4.78 is 10.2. The van der Waals surface area contributed by atoms with E-state index in [1.54, 1.807) is 12.1 Å². The Morgan fingerprint density at radius 3 is 2.10 bits per heavy atom. The third-order valence-corrected chi connectivity index (χ3v) is 6.36. The van der Waals surface area contributed by atoms with Crippen molar-refractivity contribution in [3.05, 3.63) is 123 Å². The summed E-state index contributed by atoms with van der Waals surface area (Å²) in [5, 5.41) is 1.64. The number of amides is 3. The lowest BCUT2D eigenvalue weighted by Gasteiger charge is -2.29. The van der Waals surface area contributed by atoms with Crippen LogP contribution in [0.25, 0.3) is 0 Å². The Labute approximate surface area is 231 Å². The van der Waals surface area contributed by atoms with Crippen molar-refractivity contribution in [2.75, 3.05) is 6.54 Å². The number of halogens is 2. The molecule has 194 valence electrons. The number of carbonyl (C=O) groups is 5. The summed E-state index contributed by atoms with van der Waals surface area (Å²) in [7, 11) is 0. The number of ketones is 1. The van der Waals surface area contributed by atoms with Crippen molar-refractivity contribution < 1.29 is 33.1 Å². The molecule has 0 saturated carbocycles. The molecule has 1 aliphatic rings. The summed E-state index contributed by atoms with van der Waals surface area (Å²) in [4.78, 5) is 65.3. The minimum absolute atomic E-state index is 0.00566. The van der Waals surface area contributed by atoms with Crippen LogP contribution in [0.15, 0.2) is 89.5 Å². The van der Waals surface area contributed by atoms with Crippen molar-refractivity contribution in [1.29, 1.82) is 0 Å². The van der Waals surface area contributed by atoms with Gasteiger partial charge in [0.2, 0.25) is 5.76 Å². The van der Waals surface area contributed by atoms with E-state index >= 15 is 0 Å². The molecule has 0 atom stereocenters. The maximum Gasteiger partial charge on any atom is 0.379 e. The zero-order valence-corrected chi connectivity index (χ0v) is 21.3. The average molecular weight is 563 g/mol. The molecular weight excluding hydrogens is 547 g/mol. The van der Waals surface area contributed by atoms with Crippen LogP contribution in [-0.2, 0) is 0 Å². The van der Waals surface area contributed by atoms with Gasteiger partial charge in [-0.2, -0.15) is 5.01 Å². The summed E-state index contributed by atoms with van der Waals surface area (Å²) >= 11 is 12.2. The smallest absolute Gasteiger partial charge is 0.379 e. The molecule has 1 aromatic heterocycles. The summed E-state index contributed by atoms with van der Waals surface area (Å²) in [6.07, 6.45) is 1.33. The van der Waals surface area contributed by atoms with Gasteiger partial charge in [0.1, 0.15) is 12.3 Å². The van der Waals surface area contributed by atoms with Crippen molar-refractivity contribution >= 4 is 52.7 Å². The monoisotopic (exact) mass is 562 g/mol. The first-order valence-electron chi connectivity index (χ1n) is 11.4. The van der Waals surface area contributed by atoms with Gasteiger partial charge in [-0.25, -0.2) is 9.80 Å². The molecule has 0 spiro atoms. The molecule has 0 aliphatic carbocycles. The quantitative estimate of drug-likeness (QED) is 0.129. The molecule has 1 aliphatic heterocycles. The number of carbonyl (C=O) groups excluding carboxylic acids is 5. The lowest BCUT2D eigenvalue weighted by atomic mass is 10.1. The molecule has 0 unspecified atom stereocenters. The lowest BCUT2D eigenvalue weighted by molar-refractivity contribution is 0.00531. The molecule has 3 amide bonds. The van der Waals surface area contributed by atoms with Crippen LogP contribution in [0.2, 0.25) is 10.0 Å². The number of nitrogens with zero attached hydrogens (tertiary/aromatic N) is 2. The van der Waals surface area contributed by atoms with Gasteiger partial charge in [-0.3, -0.25) is 19.2 Å². The topological polar surface area (TPSA) is 114 Å². The number of esters is 1. The molecule has 2 heterocycles. The number of fused-ring (bicyclic) bond motifs is 1. The molecule has 0 bridgehead atoms. The van der Waals surface area contributed by atoms with E-state index in [9.17, 15) is 24.0 Å². The Kier molecular flexibility index (Phi) is 7.02. The summed E-state index contributed by atoms with van der Waals surface area (Å²) in [6.45, 7) is -0.672. The Balaban J connectivity index is 1.43. The van der Waals surface area contributed by atoms with Gasteiger partial charge in [0.15, 0.2) is 5.78 Å². The summed E-state index contributed by atoms with van der Waals surface area (Å²) in [6, 6.07) is 18.7. The average Bonchev–Trinajstić information content (AvgIpc) is 3.55. The van der Waals surface area contributed by atoms with Crippen molar-refractivity contribution in [3.8, 4) is 5.75 Å². The first-order valence-corrected chi connectivity index (χ1v) is 12.1. The second-order valence-electron chi connectivity index (χ2n) is 8.27. The summed E-state index contributed by atoms with van der Waals surface area (Å²) in [5.74, 6) is -3.55. The number of hydrogen-bond donors (Lipinski definition) is 0. The zero-order chi connectivity index (χ0) is 27.7. The maximum absolute atomic E-state index is 13.6. The number of hydrazine groups is 1. The van der Waals surface area contributed by atoms with Crippen LogP contribution in [0.3, 0.4) is 0 Å². The van der Waals surface area contributed by atoms with E-state index in [1.165, 1.54) is 73.0 Å².